The fourth-order valence-corrected chi connectivity index (χ4v) is 3.83. The summed E-state index contributed by atoms with van der Waals surface area (Å²) in [5, 5.41) is 5.16. The summed E-state index contributed by atoms with van der Waals surface area (Å²) in [5.41, 5.74) is 2.16. The monoisotopic (exact) mass is 273 g/mol. The molecule has 4 rings (SSSR count). The number of carbonyl (C=O) groups excluding carboxylic acids is 1. The van der Waals surface area contributed by atoms with Crippen molar-refractivity contribution in [1.29, 1.82) is 0 Å². The third kappa shape index (κ3) is 1.65. The molecule has 4 heterocycles. The average Bonchev–Trinajstić information content (AvgIpc) is 3.14. The van der Waals surface area contributed by atoms with Crippen molar-refractivity contribution >= 4 is 17.2 Å². The maximum Gasteiger partial charge on any atom is 0.265 e. The first-order valence-corrected chi connectivity index (χ1v) is 7.52. The molecule has 1 saturated heterocycles. The normalized spacial score (nSPS) is 22.7. The molecule has 98 valence electrons. The second-order valence-corrected chi connectivity index (χ2v) is 5.97. The number of amides is 1. The fourth-order valence-electron chi connectivity index (χ4n) is 3.04. The van der Waals surface area contributed by atoms with E-state index in [1.165, 1.54) is 24.2 Å². The molecule has 0 aliphatic carbocycles. The Kier molecular flexibility index (Phi) is 2.50. The Morgan fingerprint density at radius 3 is 2.95 bits per heavy atom. The van der Waals surface area contributed by atoms with E-state index in [9.17, 15) is 4.79 Å². The summed E-state index contributed by atoms with van der Waals surface area (Å²) < 4.78 is 2.15. The lowest BCUT2D eigenvalue weighted by molar-refractivity contribution is 0.0877. The molecule has 2 aliphatic heterocycles. The van der Waals surface area contributed by atoms with Gasteiger partial charge in [0.1, 0.15) is 11.0 Å². The van der Waals surface area contributed by atoms with Gasteiger partial charge in [-0.15, -0.1) is 11.3 Å². The Morgan fingerprint density at radius 1 is 1.26 bits per heavy atom. The van der Waals surface area contributed by atoms with Crippen LogP contribution in [0.5, 0.6) is 0 Å². The highest BCUT2D eigenvalue weighted by Crippen LogP contribution is 2.32. The maximum absolute atomic E-state index is 12.4. The standard InChI is InChI=1S/C14H15N3OS/c18-14-12-10(5-9-19-12)17-8-3-4-11(17)13(15-14)16-6-1-2-7-16/h3-5,8-9,13H,1-2,6-7H2,(H,15,18). The predicted molar refractivity (Wildman–Crippen MR) is 74.7 cm³/mol. The van der Waals surface area contributed by atoms with Crippen molar-refractivity contribution in [3.05, 3.63) is 40.3 Å². The van der Waals surface area contributed by atoms with E-state index in [1.54, 1.807) is 0 Å². The summed E-state index contributed by atoms with van der Waals surface area (Å²) in [5.74, 6) is 0.0469. The molecular weight excluding hydrogens is 258 g/mol. The van der Waals surface area contributed by atoms with Crippen LogP contribution in [0.2, 0.25) is 0 Å². The van der Waals surface area contributed by atoms with Crippen LogP contribution in [0.1, 0.15) is 34.4 Å². The van der Waals surface area contributed by atoms with Gasteiger partial charge in [-0.25, -0.2) is 0 Å². The molecule has 5 heteroatoms. The molecule has 1 N–H and O–H groups in total. The van der Waals surface area contributed by atoms with Crippen LogP contribution in [0, 0.1) is 0 Å². The molecule has 1 unspecified atom stereocenters. The molecule has 1 atom stereocenters. The number of likely N-dealkylation sites (tertiary alicyclic amines) is 1. The summed E-state index contributed by atoms with van der Waals surface area (Å²) in [7, 11) is 0. The Hall–Kier alpha value is -1.59. The highest BCUT2D eigenvalue weighted by atomic mass is 32.1. The molecule has 0 bridgehead atoms. The SMILES string of the molecule is O=C1NC(N2CCCC2)c2cccn2-c2ccsc21. The van der Waals surface area contributed by atoms with Crippen molar-refractivity contribution in [2.75, 3.05) is 13.1 Å². The summed E-state index contributed by atoms with van der Waals surface area (Å²) >= 11 is 1.51. The van der Waals surface area contributed by atoms with Gasteiger partial charge in [0, 0.05) is 19.3 Å². The Labute approximate surface area is 115 Å². The van der Waals surface area contributed by atoms with E-state index in [0.717, 1.165) is 29.3 Å². The van der Waals surface area contributed by atoms with E-state index in [4.69, 9.17) is 0 Å². The Bertz CT molecular complexity index is 624. The molecule has 1 amide bonds. The number of nitrogens with one attached hydrogen (secondary N) is 1. The molecule has 0 radical (unpaired) electrons. The van der Waals surface area contributed by atoms with Crippen molar-refractivity contribution in [2.24, 2.45) is 0 Å². The Morgan fingerprint density at radius 2 is 2.11 bits per heavy atom. The minimum Gasteiger partial charge on any atom is -0.330 e. The van der Waals surface area contributed by atoms with Gasteiger partial charge in [-0.05, 0) is 36.4 Å². The number of carbonyl (C=O) groups is 1. The van der Waals surface area contributed by atoms with Crippen LogP contribution in [0.25, 0.3) is 5.69 Å². The smallest absolute Gasteiger partial charge is 0.265 e. The molecule has 4 nitrogen and oxygen atoms in total. The molecular formula is C14H15N3OS. The third-order valence-electron chi connectivity index (χ3n) is 3.94. The van der Waals surface area contributed by atoms with Crippen molar-refractivity contribution in [3.63, 3.8) is 0 Å². The van der Waals surface area contributed by atoms with E-state index < -0.39 is 0 Å². The minimum atomic E-state index is 0.00426. The van der Waals surface area contributed by atoms with E-state index in [1.807, 2.05) is 17.6 Å². The van der Waals surface area contributed by atoms with Gasteiger partial charge in [0.15, 0.2) is 0 Å². The fraction of sp³-hybridized carbons (Fsp3) is 0.357. The van der Waals surface area contributed by atoms with Gasteiger partial charge in [-0.3, -0.25) is 9.69 Å². The van der Waals surface area contributed by atoms with E-state index in [2.05, 4.69) is 26.9 Å². The first-order chi connectivity index (χ1) is 9.34. The summed E-state index contributed by atoms with van der Waals surface area (Å²) in [6.45, 7) is 2.12. The summed E-state index contributed by atoms with van der Waals surface area (Å²) in [4.78, 5) is 15.5. The molecule has 0 aromatic carbocycles. The zero-order valence-corrected chi connectivity index (χ0v) is 11.3. The van der Waals surface area contributed by atoms with Gasteiger partial charge in [0.25, 0.3) is 5.91 Å². The number of thiophene rings is 1. The van der Waals surface area contributed by atoms with Gasteiger partial charge in [0.2, 0.25) is 0 Å². The number of hydrogen-bond acceptors (Lipinski definition) is 3. The van der Waals surface area contributed by atoms with E-state index in [-0.39, 0.29) is 12.1 Å². The predicted octanol–water partition coefficient (Wildman–Crippen LogP) is 2.38. The second-order valence-electron chi connectivity index (χ2n) is 5.06. The number of rotatable bonds is 1. The average molecular weight is 273 g/mol. The molecule has 19 heavy (non-hydrogen) atoms. The second kappa shape index (κ2) is 4.21. The highest BCUT2D eigenvalue weighted by molar-refractivity contribution is 7.12. The number of nitrogens with zero attached hydrogens (tertiary/aromatic N) is 2. The van der Waals surface area contributed by atoms with Crippen LogP contribution in [0.15, 0.2) is 29.8 Å². The largest absolute Gasteiger partial charge is 0.330 e. The summed E-state index contributed by atoms with van der Waals surface area (Å²) in [6, 6.07) is 6.18. The van der Waals surface area contributed by atoms with Gasteiger partial charge in [-0.2, -0.15) is 0 Å². The van der Waals surface area contributed by atoms with Crippen molar-refractivity contribution in [1.82, 2.24) is 14.8 Å². The number of aromatic nitrogens is 1. The Balaban J connectivity index is 1.85. The molecule has 2 aromatic heterocycles. The summed E-state index contributed by atoms with van der Waals surface area (Å²) in [6.07, 6.45) is 4.48. The molecule has 1 fully saturated rings. The number of fused-ring (bicyclic) bond motifs is 3. The molecule has 0 saturated carbocycles. The first kappa shape index (κ1) is 11.3. The number of hydrogen-bond donors (Lipinski definition) is 1. The quantitative estimate of drug-likeness (QED) is 0.866. The zero-order valence-electron chi connectivity index (χ0n) is 10.5. The topological polar surface area (TPSA) is 37.3 Å². The zero-order chi connectivity index (χ0) is 12.8. The van der Waals surface area contributed by atoms with Crippen LogP contribution in [-0.2, 0) is 0 Å². The lowest BCUT2D eigenvalue weighted by Crippen LogP contribution is -2.39. The molecule has 2 aliphatic rings. The lowest BCUT2D eigenvalue weighted by atomic mass is 10.3. The van der Waals surface area contributed by atoms with Crippen molar-refractivity contribution in [3.8, 4) is 5.69 Å². The van der Waals surface area contributed by atoms with Crippen LogP contribution < -0.4 is 5.32 Å². The first-order valence-electron chi connectivity index (χ1n) is 6.64. The van der Waals surface area contributed by atoms with Crippen LogP contribution in [0.4, 0.5) is 0 Å². The van der Waals surface area contributed by atoms with Crippen molar-refractivity contribution < 1.29 is 4.79 Å². The highest BCUT2D eigenvalue weighted by Gasteiger charge is 2.32. The minimum absolute atomic E-state index is 0.00426. The van der Waals surface area contributed by atoms with Gasteiger partial charge < -0.3 is 9.88 Å². The van der Waals surface area contributed by atoms with E-state index >= 15 is 0 Å². The maximum atomic E-state index is 12.4. The lowest BCUT2D eigenvalue weighted by Gasteiger charge is -2.27. The van der Waals surface area contributed by atoms with Gasteiger partial charge in [0.05, 0.1) is 11.4 Å². The molecule has 0 spiro atoms. The van der Waals surface area contributed by atoms with Crippen molar-refractivity contribution in [2.45, 2.75) is 19.0 Å². The molecule has 2 aromatic rings. The van der Waals surface area contributed by atoms with Crippen LogP contribution in [0.3, 0.4) is 0 Å². The van der Waals surface area contributed by atoms with Gasteiger partial charge >= 0.3 is 0 Å². The van der Waals surface area contributed by atoms with Gasteiger partial charge in [-0.1, -0.05) is 0 Å². The van der Waals surface area contributed by atoms with Crippen LogP contribution in [-0.4, -0.2) is 28.5 Å². The van der Waals surface area contributed by atoms with E-state index in [0.29, 0.717) is 0 Å². The van der Waals surface area contributed by atoms with Crippen LogP contribution >= 0.6 is 11.3 Å². The third-order valence-corrected chi connectivity index (χ3v) is 4.85.